The number of benzene rings is 1. The van der Waals surface area contributed by atoms with Crippen LogP contribution in [0.25, 0.3) is 0 Å². The summed E-state index contributed by atoms with van der Waals surface area (Å²) in [5, 5.41) is 3.48. The van der Waals surface area contributed by atoms with Gasteiger partial charge in [-0.25, -0.2) is 4.98 Å². The molecule has 2 rings (SSSR count). The van der Waals surface area contributed by atoms with Crippen molar-refractivity contribution < 1.29 is 4.74 Å². The largest absolute Gasteiger partial charge is 0.496 e. The summed E-state index contributed by atoms with van der Waals surface area (Å²) in [6.45, 7) is 6.95. The molecule has 19 heavy (non-hydrogen) atoms. The molecule has 0 saturated carbocycles. The highest BCUT2D eigenvalue weighted by molar-refractivity contribution is 5.38. The zero-order valence-corrected chi connectivity index (χ0v) is 11.9. The van der Waals surface area contributed by atoms with Gasteiger partial charge in [0.2, 0.25) is 0 Å². The molecule has 4 heteroatoms. The van der Waals surface area contributed by atoms with Gasteiger partial charge in [0, 0.05) is 30.0 Å². The zero-order valence-electron chi connectivity index (χ0n) is 11.9. The number of H-pyrrole nitrogens is 1. The van der Waals surface area contributed by atoms with E-state index in [4.69, 9.17) is 4.74 Å². The molecule has 0 fully saturated rings. The SMILES string of the molecule is COc1ccc(C)cc1C(C)NCc1cnc(C)[nH]1. The van der Waals surface area contributed by atoms with Gasteiger partial charge in [-0.1, -0.05) is 17.7 Å². The Hall–Kier alpha value is -1.81. The van der Waals surface area contributed by atoms with Crippen LogP contribution in [0.2, 0.25) is 0 Å². The molecule has 1 unspecified atom stereocenters. The van der Waals surface area contributed by atoms with E-state index in [2.05, 4.69) is 41.3 Å². The number of hydrogen-bond donors (Lipinski definition) is 2. The van der Waals surface area contributed by atoms with E-state index in [0.717, 1.165) is 23.8 Å². The topological polar surface area (TPSA) is 49.9 Å². The second-order valence-corrected chi connectivity index (χ2v) is 4.84. The molecule has 1 atom stereocenters. The van der Waals surface area contributed by atoms with Gasteiger partial charge in [-0.05, 0) is 26.8 Å². The van der Waals surface area contributed by atoms with Gasteiger partial charge in [0.25, 0.3) is 0 Å². The molecule has 1 aromatic heterocycles. The van der Waals surface area contributed by atoms with Crippen LogP contribution in [0.5, 0.6) is 5.75 Å². The standard InChI is InChI=1S/C15H21N3O/c1-10-5-6-15(19-4)14(7-10)11(2)16-8-13-9-17-12(3)18-13/h5-7,9,11,16H,8H2,1-4H3,(H,17,18). The van der Waals surface area contributed by atoms with Crippen molar-refractivity contribution in [3.8, 4) is 5.75 Å². The maximum Gasteiger partial charge on any atom is 0.123 e. The minimum Gasteiger partial charge on any atom is -0.496 e. The Morgan fingerprint density at radius 1 is 1.37 bits per heavy atom. The molecule has 0 aliphatic carbocycles. The predicted octanol–water partition coefficient (Wildman–Crippen LogP) is 2.89. The first-order valence-electron chi connectivity index (χ1n) is 6.48. The number of aryl methyl sites for hydroxylation is 2. The van der Waals surface area contributed by atoms with Crippen molar-refractivity contribution >= 4 is 0 Å². The van der Waals surface area contributed by atoms with Crippen molar-refractivity contribution in [2.45, 2.75) is 33.4 Å². The summed E-state index contributed by atoms with van der Waals surface area (Å²) in [6, 6.07) is 6.46. The molecular weight excluding hydrogens is 238 g/mol. The second kappa shape index (κ2) is 5.89. The quantitative estimate of drug-likeness (QED) is 0.868. The highest BCUT2D eigenvalue weighted by Crippen LogP contribution is 2.26. The minimum atomic E-state index is 0.221. The summed E-state index contributed by atoms with van der Waals surface area (Å²) in [5.41, 5.74) is 3.51. The maximum atomic E-state index is 5.42. The van der Waals surface area contributed by atoms with E-state index in [0.29, 0.717) is 0 Å². The Labute approximate surface area is 114 Å². The van der Waals surface area contributed by atoms with Crippen LogP contribution in [0.1, 0.15) is 35.6 Å². The van der Waals surface area contributed by atoms with E-state index >= 15 is 0 Å². The van der Waals surface area contributed by atoms with E-state index in [-0.39, 0.29) is 6.04 Å². The first kappa shape index (κ1) is 13.6. The number of nitrogens with zero attached hydrogens (tertiary/aromatic N) is 1. The molecule has 0 amide bonds. The highest BCUT2D eigenvalue weighted by Gasteiger charge is 2.11. The third-order valence-corrected chi connectivity index (χ3v) is 3.21. The smallest absolute Gasteiger partial charge is 0.123 e. The number of hydrogen-bond acceptors (Lipinski definition) is 3. The van der Waals surface area contributed by atoms with Crippen LogP contribution >= 0.6 is 0 Å². The summed E-state index contributed by atoms with van der Waals surface area (Å²) in [5.74, 6) is 1.86. The minimum absolute atomic E-state index is 0.221. The molecule has 0 aliphatic heterocycles. The lowest BCUT2D eigenvalue weighted by atomic mass is 10.0. The first-order chi connectivity index (χ1) is 9.10. The van der Waals surface area contributed by atoms with E-state index in [1.807, 2.05) is 19.2 Å². The summed E-state index contributed by atoms with van der Waals surface area (Å²) in [4.78, 5) is 7.41. The fourth-order valence-electron chi connectivity index (χ4n) is 2.13. The van der Waals surface area contributed by atoms with Crippen molar-refractivity contribution in [3.05, 3.63) is 47.0 Å². The number of nitrogens with one attached hydrogen (secondary N) is 2. The van der Waals surface area contributed by atoms with Crippen LogP contribution in [-0.4, -0.2) is 17.1 Å². The van der Waals surface area contributed by atoms with Gasteiger partial charge in [-0.2, -0.15) is 0 Å². The van der Waals surface area contributed by atoms with Crippen molar-refractivity contribution in [1.29, 1.82) is 0 Å². The number of aromatic amines is 1. The number of imidazole rings is 1. The zero-order chi connectivity index (χ0) is 13.8. The Balaban J connectivity index is 2.06. The lowest BCUT2D eigenvalue weighted by Gasteiger charge is -2.17. The van der Waals surface area contributed by atoms with Gasteiger partial charge in [0.1, 0.15) is 11.6 Å². The molecule has 0 spiro atoms. The van der Waals surface area contributed by atoms with Crippen LogP contribution in [0.15, 0.2) is 24.4 Å². The van der Waals surface area contributed by atoms with Crippen LogP contribution in [0.4, 0.5) is 0 Å². The molecule has 4 nitrogen and oxygen atoms in total. The fraction of sp³-hybridized carbons (Fsp3) is 0.400. The fourth-order valence-corrected chi connectivity index (χ4v) is 2.13. The molecule has 1 aromatic carbocycles. The highest BCUT2D eigenvalue weighted by atomic mass is 16.5. The van der Waals surface area contributed by atoms with Crippen LogP contribution < -0.4 is 10.1 Å². The molecule has 2 N–H and O–H groups in total. The van der Waals surface area contributed by atoms with Gasteiger partial charge in [-0.3, -0.25) is 0 Å². The number of rotatable bonds is 5. The van der Waals surface area contributed by atoms with Gasteiger partial charge >= 0.3 is 0 Å². The van der Waals surface area contributed by atoms with Gasteiger partial charge in [0.05, 0.1) is 7.11 Å². The van der Waals surface area contributed by atoms with Gasteiger partial charge in [0.15, 0.2) is 0 Å². The molecular formula is C15H21N3O. The van der Waals surface area contributed by atoms with E-state index in [1.165, 1.54) is 11.1 Å². The third-order valence-electron chi connectivity index (χ3n) is 3.21. The Morgan fingerprint density at radius 3 is 2.79 bits per heavy atom. The van der Waals surface area contributed by atoms with Crippen LogP contribution in [0.3, 0.4) is 0 Å². The van der Waals surface area contributed by atoms with Gasteiger partial charge < -0.3 is 15.0 Å². The van der Waals surface area contributed by atoms with Crippen molar-refractivity contribution in [1.82, 2.24) is 15.3 Å². The van der Waals surface area contributed by atoms with Crippen LogP contribution in [0, 0.1) is 13.8 Å². The van der Waals surface area contributed by atoms with Crippen molar-refractivity contribution in [2.75, 3.05) is 7.11 Å². The molecule has 2 aromatic rings. The predicted molar refractivity (Wildman–Crippen MR) is 76.3 cm³/mol. The molecule has 102 valence electrons. The lowest BCUT2D eigenvalue weighted by molar-refractivity contribution is 0.401. The summed E-state index contributed by atoms with van der Waals surface area (Å²) in [7, 11) is 1.71. The maximum absolute atomic E-state index is 5.42. The number of methoxy groups -OCH3 is 1. The number of aromatic nitrogens is 2. The second-order valence-electron chi connectivity index (χ2n) is 4.84. The average molecular weight is 259 g/mol. The normalized spacial score (nSPS) is 12.4. The van der Waals surface area contributed by atoms with Crippen molar-refractivity contribution in [3.63, 3.8) is 0 Å². The van der Waals surface area contributed by atoms with Gasteiger partial charge in [-0.15, -0.1) is 0 Å². The monoisotopic (exact) mass is 259 g/mol. The average Bonchev–Trinajstić information content (AvgIpc) is 2.81. The Kier molecular flexibility index (Phi) is 4.22. The van der Waals surface area contributed by atoms with Crippen molar-refractivity contribution in [2.24, 2.45) is 0 Å². The van der Waals surface area contributed by atoms with E-state index < -0.39 is 0 Å². The number of ether oxygens (including phenoxy) is 1. The summed E-state index contributed by atoms with van der Waals surface area (Å²) in [6.07, 6.45) is 1.86. The third kappa shape index (κ3) is 3.35. The van der Waals surface area contributed by atoms with E-state index in [9.17, 15) is 0 Å². The first-order valence-corrected chi connectivity index (χ1v) is 6.48. The van der Waals surface area contributed by atoms with Crippen LogP contribution in [-0.2, 0) is 6.54 Å². The summed E-state index contributed by atoms with van der Waals surface area (Å²) < 4.78 is 5.42. The Morgan fingerprint density at radius 2 is 2.16 bits per heavy atom. The molecule has 0 saturated heterocycles. The Bertz CT molecular complexity index is 548. The summed E-state index contributed by atoms with van der Waals surface area (Å²) >= 11 is 0. The molecule has 0 bridgehead atoms. The lowest BCUT2D eigenvalue weighted by Crippen LogP contribution is -2.19. The van der Waals surface area contributed by atoms with E-state index in [1.54, 1.807) is 7.11 Å². The molecule has 0 radical (unpaired) electrons. The molecule has 0 aliphatic rings. The molecule has 1 heterocycles.